The summed E-state index contributed by atoms with van der Waals surface area (Å²) in [4.78, 5) is 39.7. The Bertz CT molecular complexity index is 1010. The van der Waals surface area contributed by atoms with Crippen LogP contribution in [0.1, 0.15) is 50.3 Å². The first kappa shape index (κ1) is 22.3. The smallest absolute Gasteiger partial charge is 0.165 e. The van der Waals surface area contributed by atoms with Crippen LogP contribution < -0.4 is 0 Å². The van der Waals surface area contributed by atoms with Crippen molar-refractivity contribution >= 4 is 17.3 Å². The third-order valence-electron chi connectivity index (χ3n) is 6.27. The van der Waals surface area contributed by atoms with E-state index in [-0.39, 0.29) is 34.6 Å². The Morgan fingerprint density at radius 3 is 0.879 bits per heavy atom. The Hall–Kier alpha value is -3.93. The zero-order valence-corrected chi connectivity index (χ0v) is 17.8. The largest absolute Gasteiger partial charge is 0.508 e. The van der Waals surface area contributed by atoms with Gasteiger partial charge >= 0.3 is 0 Å². The number of Topliss-reactive ketones (excluding diaryl/α,β-unsaturated/α-hetero) is 3. The maximum absolute atomic E-state index is 13.2. The predicted molar refractivity (Wildman–Crippen MR) is 122 cm³/mol. The molecule has 0 spiro atoms. The van der Waals surface area contributed by atoms with E-state index in [4.69, 9.17) is 0 Å². The molecule has 0 unspecified atom stereocenters. The lowest BCUT2D eigenvalue weighted by Crippen LogP contribution is -2.35. The highest BCUT2D eigenvalue weighted by Gasteiger charge is 2.39. The Labute approximate surface area is 191 Å². The summed E-state index contributed by atoms with van der Waals surface area (Å²) in [7, 11) is 0. The van der Waals surface area contributed by atoms with Crippen LogP contribution in [0.25, 0.3) is 0 Å². The van der Waals surface area contributed by atoms with E-state index in [0.29, 0.717) is 36.0 Å². The van der Waals surface area contributed by atoms with Crippen LogP contribution in [0.2, 0.25) is 0 Å². The second-order valence-electron chi connectivity index (χ2n) is 8.53. The SMILES string of the molecule is O=C(c1ccc(O)cc1)C1CC(C(=O)c2ccc(O)cc2)CC(C(=O)c2ccc(O)cc2)C1. The van der Waals surface area contributed by atoms with Gasteiger partial charge < -0.3 is 15.3 Å². The first-order valence-electron chi connectivity index (χ1n) is 10.8. The molecule has 3 aromatic carbocycles. The molecule has 0 bridgehead atoms. The number of ketones is 3. The van der Waals surface area contributed by atoms with Crippen LogP contribution in [0.15, 0.2) is 72.8 Å². The van der Waals surface area contributed by atoms with Crippen molar-refractivity contribution in [2.75, 3.05) is 0 Å². The number of aromatic hydroxyl groups is 3. The average molecular weight is 444 g/mol. The van der Waals surface area contributed by atoms with Crippen LogP contribution in [0.3, 0.4) is 0 Å². The average Bonchev–Trinajstić information content (AvgIpc) is 2.84. The Balaban J connectivity index is 1.63. The molecule has 33 heavy (non-hydrogen) atoms. The number of carbonyl (C=O) groups excluding carboxylic acids is 3. The molecule has 168 valence electrons. The van der Waals surface area contributed by atoms with Crippen LogP contribution in [-0.2, 0) is 0 Å². The highest BCUT2D eigenvalue weighted by Crippen LogP contribution is 2.39. The highest BCUT2D eigenvalue weighted by molar-refractivity contribution is 6.03. The lowest BCUT2D eigenvalue weighted by molar-refractivity contribution is 0.0683. The number of hydrogen-bond acceptors (Lipinski definition) is 6. The van der Waals surface area contributed by atoms with E-state index in [1.54, 1.807) is 36.4 Å². The minimum absolute atomic E-state index is 0.0518. The van der Waals surface area contributed by atoms with Crippen molar-refractivity contribution in [1.82, 2.24) is 0 Å². The van der Waals surface area contributed by atoms with E-state index in [0.717, 1.165) is 0 Å². The molecule has 6 heteroatoms. The molecule has 0 aliphatic heterocycles. The third-order valence-corrected chi connectivity index (χ3v) is 6.27. The molecule has 0 saturated heterocycles. The molecule has 6 nitrogen and oxygen atoms in total. The van der Waals surface area contributed by atoms with Gasteiger partial charge in [-0.2, -0.15) is 0 Å². The van der Waals surface area contributed by atoms with E-state index in [1.165, 1.54) is 36.4 Å². The lowest BCUT2D eigenvalue weighted by Gasteiger charge is -2.33. The number of hydrogen-bond donors (Lipinski definition) is 3. The topological polar surface area (TPSA) is 112 Å². The summed E-state index contributed by atoms with van der Waals surface area (Å²) >= 11 is 0. The molecule has 3 aromatic rings. The van der Waals surface area contributed by atoms with Crippen molar-refractivity contribution in [3.05, 3.63) is 89.5 Å². The van der Waals surface area contributed by atoms with E-state index in [2.05, 4.69) is 0 Å². The van der Waals surface area contributed by atoms with E-state index in [1.807, 2.05) is 0 Å². The second-order valence-corrected chi connectivity index (χ2v) is 8.53. The van der Waals surface area contributed by atoms with Crippen molar-refractivity contribution in [2.45, 2.75) is 19.3 Å². The predicted octanol–water partition coefficient (Wildman–Crippen LogP) is 4.78. The fourth-order valence-corrected chi connectivity index (χ4v) is 4.55. The van der Waals surface area contributed by atoms with Crippen LogP contribution in [-0.4, -0.2) is 32.7 Å². The molecular formula is C27H24O6. The molecule has 0 aromatic heterocycles. The molecule has 0 heterocycles. The summed E-state index contributed by atoms with van der Waals surface area (Å²) in [6, 6.07) is 17.9. The van der Waals surface area contributed by atoms with Gasteiger partial charge in [0.2, 0.25) is 0 Å². The van der Waals surface area contributed by atoms with Gasteiger partial charge in [0.05, 0.1) is 0 Å². The van der Waals surface area contributed by atoms with Crippen molar-refractivity contribution < 1.29 is 29.7 Å². The minimum Gasteiger partial charge on any atom is -0.508 e. The molecule has 1 fully saturated rings. The molecule has 3 N–H and O–H groups in total. The summed E-state index contributed by atoms with van der Waals surface area (Å²) in [5.74, 6) is -1.92. The minimum atomic E-state index is -0.527. The fraction of sp³-hybridized carbons (Fsp3) is 0.222. The molecule has 0 radical (unpaired) electrons. The monoisotopic (exact) mass is 444 g/mol. The molecule has 1 saturated carbocycles. The van der Waals surface area contributed by atoms with Crippen molar-refractivity contribution in [1.29, 1.82) is 0 Å². The lowest BCUT2D eigenvalue weighted by atomic mass is 9.68. The summed E-state index contributed by atoms with van der Waals surface area (Å²) in [5, 5.41) is 28.6. The molecule has 4 rings (SSSR count). The summed E-state index contributed by atoms with van der Waals surface area (Å²) in [6.07, 6.45) is 0.955. The first-order chi connectivity index (χ1) is 15.8. The summed E-state index contributed by atoms with van der Waals surface area (Å²) in [6.45, 7) is 0. The fourth-order valence-electron chi connectivity index (χ4n) is 4.55. The van der Waals surface area contributed by atoms with Gasteiger partial charge in [0, 0.05) is 34.4 Å². The molecule has 1 aliphatic rings. The quantitative estimate of drug-likeness (QED) is 0.472. The van der Waals surface area contributed by atoms with E-state index < -0.39 is 17.8 Å². The Morgan fingerprint density at radius 2 is 0.667 bits per heavy atom. The van der Waals surface area contributed by atoms with Crippen LogP contribution in [0.5, 0.6) is 17.2 Å². The maximum atomic E-state index is 13.2. The van der Waals surface area contributed by atoms with E-state index >= 15 is 0 Å². The zero-order chi connectivity index (χ0) is 23.5. The standard InChI is InChI=1S/C27H24O6/c28-22-7-1-16(2-8-22)25(31)19-13-20(26(32)17-3-9-23(29)10-4-17)15-21(14-19)27(33)18-5-11-24(30)12-6-18/h1-12,19-21,28-30H,13-15H2. The van der Waals surface area contributed by atoms with Gasteiger partial charge in [-0.1, -0.05) is 0 Å². The normalized spacial score (nSPS) is 20.2. The van der Waals surface area contributed by atoms with Gasteiger partial charge in [0.1, 0.15) is 17.2 Å². The second kappa shape index (κ2) is 9.28. The molecular weight excluding hydrogens is 420 g/mol. The van der Waals surface area contributed by atoms with Crippen LogP contribution in [0, 0.1) is 17.8 Å². The van der Waals surface area contributed by atoms with Gasteiger partial charge in [-0.15, -0.1) is 0 Å². The number of phenols is 3. The number of phenolic OH excluding ortho intramolecular Hbond substituents is 3. The molecule has 0 atom stereocenters. The van der Waals surface area contributed by atoms with Gasteiger partial charge in [0.15, 0.2) is 17.3 Å². The van der Waals surface area contributed by atoms with Crippen LogP contribution >= 0.6 is 0 Å². The highest BCUT2D eigenvalue weighted by atomic mass is 16.3. The van der Waals surface area contributed by atoms with Crippen molar-refractivity contribution in [2.24, 2.45) is 17.8 Å². The van der Waals surface area contributed by atoms with Gasteiger partial charge in [-0.05, 0) is 92.1 Å². The van der Waals surface area contributed by atoms with Crippen molar-refractivity contribution in [3.63, 3.8) is 0 Å². The number of carbonyl (C=O) groups is 3. The van der Waals surface area contributed by atoms with E-state index in [9.17, 15) is 29.7 Å². The first-order valence-corrected chi connectivity index (χ1v) is 10.8. The maximum Gasteiger partial charge on any atom is 0.165 e. The number of rotatable bonds is 6. The van der Waals surface area contributed by atoms with Gasteiger partial charge in [0.25, 0.3) is 0 Å². The van der Waals surface area contributed by atoms with Crippen LogP contribution in [0.4, 0.5) is 0 Å². The summed E-state index contributed by atoms with van der Waals surface area (Å²) < 4.78 is 0. The molecule has 0 amide bonds. The Kier molecular flexibility index (Phi) is 6.27. The third kappa shape index (κ3) is 4.95. The van der Waals surface area contributed by atoms with Crippen molar-refractivity contribution in [3.8, 4) is 17.2 Å². The van der Waals surface area contributed by atoms with Gasteiger partial charge in [-0.3, -0.25) is 14.4 Å². The zero-order valence-electron chi connectivity index (χ0n) is 17.8. The Morgan fingerprint density at radius 1 is 0.455 bits per heavy atom. The number of benzene rings is 3. The summed E-state index contributed by atoms with van der Waals surface area (Å²) in [5.41, 5.74) is 1.27. The van der Waals surface area contributed by atoms with Gasteiger partial charge in [-0.25, -0.2) is 0 Å². The molecule has 1 aliphatic carbocycles.